The molecule has 17 heavy (non-hydrogen) atoms. The van der Waals surface area contributed by atoms with E-state index in [-0.39, 0.29) is 17.6 Å². The van der Waals surface area contributed by atoms with Gasteiger partial charge in [-0.05, 0) is 37.6 Å². The number of carbonyl (C=O) groups is 1. The van der Waals surface area contributed by atoms with Gasteiger partial charge in [-0.3, -0.25) is 4.79 Å². The fourth-order valence-electron chi connectivity index (χ4n) is 2.04. The molecule has 1 aromatic rings. The first-order valence-electron chi connectivity index (χ1n) is 5.59. The van der Waals surface area contributed by atoms with E-state index in [2.05, 4.69) is 0 Å². The Bertz CT molecular complexity index is 461. The highest BCUT2D eigenvalue weighted by Crippen LogP contribution is 2.31. The summed E-state index contributed by atoms with van der Waals surface area (Å²) in [5.74, 6) is -0.385. The number of carbonyl (C=O) groups excluding carboxylic acids is 1. The summed E-state index contributed by atoms with van der Waals surface area (Å²) >= 11 is 0. The molecule has 0 aliphatic carbocycles. The number of nitrogens with two attached hydrogens (primary N) is 1. The molecular formula is C13H16FNO2. The van der Waals surface area contributed by atoms with Gasteiger partial charge in [-0.1, -0.05) is 0 Å². The van der Waals surface area contributed by atoms with E-state index >= 15 is 0 Å². The van der Waals surface area contributed by atoms with Crippen molar-refractivity contribution in [2.45, 2.75) is 19.9 Å². The Balaban J connectivity index is 2.34. The van der Waals surface area contributed by atoms with Crippen LogP contribution in [0.3, 0.4) is 0 Å². The van der Waals surface area contributed by atoms with Gasteiger partial charge < -0.3 is 10.5 Å². The maximum Gasteiger partial charge on any atom is 0.172 e. The van der Waals surface area contributed by atoms with Crippen LogP contribution in [0.15, 0.2) is 18.2 Å². The van der Waals surface area contributed by atoms with Gasteiger partial charge in [0.1, 0.15) is 5.82 Å². The zero-order valence-corrected chi connectivity index (χ0v) is 10.00. The average Bonchev–Trinajstić information content (AvgIpc) is 2.63. The molecule has 92 valence electrons. The summed E-state index contributed by atoms with van der Waals surface area (Å²) in [6.07, 6.45) is 0. The lowest BCUT2D eigenvalue weighted by Gasteiger charge is -2.25. The maximum absolute atomic E-state index is 13.2. The van der Waals surface area contributed by atoms with Crippen LogP contribution in [0.25, 0.3) is 0 Å². The quantitative estimate of drug-likeness (QED) is 0.796. The van der Waals surface area contributed by atoms with Crippen molar-refractivity contribution in [1.82, 2.24) is 0 Å². The van der Waals surface area contributed by atoms with Crippen LogP contribution in [0.5, 0.6) is 0 Å². The lowest BCUT2D eigenvalue weighted by Crippen LogP contribution is -2.44. The Labute approximate surface area is 99.8 Å². The number of aryl methyl sites for hydroxylation is 1. The highest BCUT2D eigenvalue weighted by molar-refractivity contribution is 6.01. The zero-order valence-electron chi connectivity index (χ0n) is 10.00. The summed E-state index contributed by atoms with van der Waals surface area (Å²) in [5, 5.41) is 0. The van der Waals surface area contributed by atoms with Gasteiger partial charge in [0.2, 0.25) is 0 Å². The van der Waals surface area contributed by atoms with Crippen molar-refractivity contribution in [3.05, 3.63) is 35.1 Å². The van der Waals surface area contributed by atoms with Crippen molar-refractivity contribution in [2.24, 2.45) is 11.1 Å². The molecule has 2 unspecified atom stereocenters. The molecule has 2 atom stereocenters. The molecule has 1 aromatic carbocycles. The number of Topliss-reactive ketones (excluding diaryl/α,β-unsaturated/α-hetero) is 1. The summed E-state index contributed by atoms with van der Waals surface area (Å²) in [7, 11) is 0. The van der Waals surface area contributed by atoms with Crippen LogP contribution in [0.2, 0.25) is 0 Å². The topological polar surface area (TPSA) is 52.3 Å². The number of ketones is 1. The van der Waals surface area contributed by atoms with Gasteiger partial charge in [-0.15, -0.1) is 0 Å². The third kappa shape index (κ3) is 1.98. The van der Waals surface area contributed by atoms with E-state index in [1.54, 1.807) is 19.9 Å². The first-order chi connectivity index (χ1) is 7.95. The third-order valence-electron chi connectivity index (χ3n) is 3.46. The molecule has 0 saturated carbocycles. The minimum Gasteiger partial charge on any atom is -0.379 e. The molecule has 1 heterocycles. The predicted octanol–water partition coefficient (Wildman–Crippen LogP) is 1.68. The van der Waals surface area contributed by atoms with E-state index in [0.717, 1.165) is 0 Å². The van der Waals surface area contributed by atoms with Crippen LogP contribution in [0, 0.1) is 18.2 Å². The van der Waals surface area contributed by atoms with Crippen LogP contribution >= 0.6 is 0 Å². The smallest absolute Gasteiger partial charge is 0.172 e. The van der Waals surface area contributed by atoms with Crippen molar-refractivity contribution in [3.63, 3.8) is 0 Å². The molecule has 0 radical (unpaired) electrons. The monoisotopic (exact) mass is 237 g/mol. The van der Waals surface area contributed by atoms with Crippen LogP contribution in [-0.2, 0) is 4.74 Å². The predicted molar refractivity (Wildman–Crippen MR) is 62.4 cm³/mol. The van der Waals surface area contributed by atoms with Crippen LogP contribution < -0.4 is 5.73 Å². The summed E-state index contributed by atoms with van der Waals surface area (Å²) in [5.41, 5.74) is 6.15. The number of halogens is 1. The Morgan fingerprint density at radius 2 is 2.29 bits per heavy atom. The SMILES string of the molecule is Cc1cc(C(=O)C2(C)COCC2N)ccc1F. The molecule has 1 fully saturated rings. The highest BCUT2D eigenvalue weighted by atomic mass is 19.1. The molecule has 0 aromatic heterocycles. The van der Waals surface area contributed by atoms with Gasteiger partial charge in [0.15, 0.2) is 5.78 Å². The van der Waals surface area contributed by atoms with Crippen molar-refractivity contribution < 1.29 is 13.9 Å². The molecule has 3 nitrogen and oxygen atoms in total. The Morgan fingerprint density at radius 1 is 1.59 bits per heavy atom. The second-order valence-electron chi connectivity index (χ2n) is 4.83. The molecule has 2 rings (SSSR count). The first-order valence-corrected chi connectivity index (χ1v) is 5.59. The van der Waals surface area contributed by atoms with Crippen LogP contribution in [-0.4, -0.2) is 25.0 Å². The van der Waals surface area contributed by atoms with Gasteiger partial charge >= 0.3 is 0 Å². The van der Waals surface area contributed by atoms with Gasteiger partial charge in [0.05, 0.1) is 18.6 Å². The highest BCUT2D eigenvalue weighted by Gasteiger charge is 2.44. The van der Waals surface area contributed by atoms with E-state index in [1.165, 1.54) is 12.1 Å². The number of benzene rings is 1. The second-order valence-corrected chi connectivity index (χ2v) is 4.83. The zero-order chi connectivity index (χ0) is 12.6. The summed E-state index contributed by atoms with van der Waals surface area (Å²) in [6, 6.07) is 4.07. The van der Waals surface area contributed by atoms with E-state index in [4.69, 9.17) is 10.5 Å². The normalized spacial score (nSPS) is 28.4. The minimum atomic E-state index is -0.704. The van der Waals surface area contributed by atoms with Crippen LogP contribution in [0.4, 0.5) is 4.39 Å². The van der Waals surface area contributed by atoms with E-state index in [9.17, 15) is 9.18 Å². The van der Waals surface area contributed by atoms with Crippen molar-refractivity contribution in [2.75, 3.05) is 13.2 Å². The molecule has 0 spiro atoms. The summed E-state index contributed by atoms with van der Waals surface area (Å²) in [6.45, 7) is 4.15. The largest absolute Gasteiger partial charge is 0.379 e. The molecule has 1 aliphatic heterocycles. The number of hydrogen-bond donors (Lipinski definition) is 1. The molecule has 1 aliphatic rings. The average molecular weight is 237 g/mol. The Kier molecular flexibility index (Phi) is 3.02. The van der Waals surface area contributed by atoms with Gasteiger partial charge in [-0.2, -0.15) is 0 Å². The maximum atomic E-state index is 13.2. The van der Waals surface area contributed by atoms with Crippen molar-refractivity contribution in [1.29, 1.82) is 0 Å². The molecule has 1 saturated heterocycles. The molecule has 2 N–H and O–H groups in total. The molecule has 0 bridgehead atoms. The van der Waals surface area contributed by atoms with E-state index < -0.39 is 5.41 Å². The van der Waals surface area contributed by atoms with Gasteiger partial charge in [-0.25, -0.2) is 4.39 Å². The molecule has 0 amide bonds. The fraction of sp³-hybridized carbons (Fsp3) is 0.462. The Morgan fingerprint density at radius 3 is 2.82 bits per heavy atom. The van der Waals surface area contributed by atoms with Crippen molar-refractivity contribution in [3.8, 4) is 0 Å². The standard InChI is InChI=1S/C13H16FNO2/c1-8-5-9(3-4-10(8)14)12(16)13(2)7-17-6-11(13)15/h3-5,11H,6-7,15H2,1-2H3. The summed E-state index contributed by atoms with van der Waals surface area (Å²) < 4.78 is 18.4. The minimum absolute atomic E-state index is 0.0781. The lowest BCUT2D eigenvalue weighted by molar-refractivity contribution is 0.0767. The molecular weight excluding hydrogens is 221 g/mol. The third-order valence-corrected chi connectivity index (χ3v) is 3.46. The van der Waals surface area contributed by atoms with Gasteiger partial charge in [0.25, 0.3) is 0 Å². The van der Waals surface area contributed by atoms with Gasteiger partial charge in [0, 0.05) is 11.6 Å². The molecule has 4 heteroatoms. The number of hydrogen-bond acceptors (Lipinski definition) is 3. The van der Waals surface area contributed by atoms with E-state index in [1.807, 2.05) is 0 Å². The fourth-order valence-corrected chi connectivity index (χ4v) is 2.04. The summed E-state index contributed by atoms with van der Waals surface area (Å²) in [4.78, 5) is 12.4. The van der Waals surface area contributed by atoms with Crippen molar-refractivity contribution >= 4 is 5.78 Å². The van der Waals surface area contributed by atoms with E-state index in [0.29, 0.717) is 24.3 Å². The van der Waals surface area contributed by atoms with Crippen LogP contribution in [0.1, 0.15) is 22.8 Å². The Hall–Kier alpha value is -1.26. The first kappa shape index (κ1) is 12.2. The lowest BCUT2D eigenvalue weighted by atomic mass is 9.78. The number of rotatable bonds is 2. The second kappa shape index (κ2) is 4.20. The number of ether oxygens (including phenoxy) is 1.